The third-order valence-corrected chi connectivity index (χ3v) is 46.5. The van der Waals surface area contributed by atoms with E-state index in [1.165, 1.54) is 132 Å². The molecule has 12 heteroatoms. The molecule has 29 rings (SSSR count). The van der Waals surface area contributed by atoms with Crippen LogP contribution in [0.25, 0.3) is 64.6 Å². The quantitative estimate of drug-likeness (QED) is 0.162. The molecule has 0 saturated carbocycles. The highest BCUT2D eigenvalue weighted by Crippen LogP contribution is 2.48. The number of benzene rings is 21. The average molecular weight is 1700 g/mol. The molecule has 8 aliphatic heterocycles. The second-order valence-corrected chi connectivity index (χ2v) is 48.6. The summed E-state index contributed by atoms with van der Waals surface area (Å²) in [7, 11) is -10.4. The second kappa shape index (κ2) is 28.2. The first kappa shape index (κ1) is 73.0. The van der Waals surface area contributed by atoms with E-state index in [4.69, 9.17) is 37.9 Å². The van der Waals surface area contributed by atoms with Crippen molar-refractivity contribution in [3.63, 3.8) is 0 Å². The molecule has 0 atom stereocenters. The number of rotatable bonds is 3. The van der Waals surface area contributed by atoms with Crippen molar-refractivity contribution in [2.45, 2.75) is 6.55 Å². The van der Waals surface area contributed by atoms with Gasteiger partial charge in [0.05, 0.1) is 0 Å². The standard InChI is InChI=1S/3C32H20O2Si.C19H14O2Si/c1-2-13-25(14-3-1)35-30-19-23-11-6-4-9-21(23)17-28(30)33-26-15-8-16-27(32(26)35)34-29-18-22-10-5-7-12-24(22)20-31(29)35;1-2-11-23(12-3-1)35-28-19-17-21-9-4-6-13-24(21)30(28)33-26-15-8-16-27(32(26)35)34-31-25-14-7-5-10-22(25)18-20-29(31)35;1-2-11-23(12-3-1)35-30-24-13-6-4-9-21(24)17-19-28(30)33-26-15-8-16-27(32(26)35)34-29-20-18-22-10-5-7-14-25(22)31(29)35;1-22-17-11-4-2-7-13(17)20-15-9-6-10-16(19(15)22)21-14-8-3-5-12-18(14)22/h3*1-20H;2-12H,1H3. The van der Waals surface area contributed by atoms with Crippen molar-refractivity contribution in [3.8, 4) is 92.0 Å². The van der Waals surface area contributed by atoms with E-state index < -0.39 is 32.3 Å². The van der Waals surface area contributed by atoms with Gasteiger partial charge in [0.25, 0.3) is 0 Å². The van der Waals surface area contributed by atoms with Gasteiger partial charge in [-0.15, -0.1) is 0 Å². The van der Waals surface area contributed by atoms with Crippen LogP contribution in [0, 0.1) is 0 Å². The van der Waals surface area contributed by atoms with Crippen LogP contribution in [-0.4, -0.2) is 32.3 Å². The molecule has 0 unspecified atom stereocenters. The van der Waals surface area contributed by atoms with Gasteiger partial charge < -0.3 is 37.9 Å². The van der Waals surface area contributed by atoms with E-state index in [1.54, 1.807) is 0 Å². The predicted octanol–water partition coefficient (Wildman–Crippen LogP) is 19.7. The molecule has 598 valence electrons. The number of ether oxygens (including phenoxy) is 8. The third kappa shape index (κ3) is 10.6. The molecule has 127 heavy (non-hydrogen) atoms. The van der Waals surface area contributed by atoms with Crippen LogP contribution >= 0.6 is 0 Å². The Hall–Kier alpha value is -15.6. The maximum atomic E-state index is 6.74. The van der Waals surface area contributed by atoms with Crippen LogP contribution in [0.1, 0.15) is 0 Å². The molecule has 0 bridgehead atoms. The first-order valence-corrected chi connectivity index (χ1v) is 51.8. The second-order valence-electron chi connectivity index (χ2n) is 33.8. The van der Waals surface area contributed by atoms with Crippen molar-refractivity contribution in [2.75, 3.05) is 0 Å². The van der Waals surface area contributed by atoms with Gasteiger partial charge in [0.15, 0.2) is 32.3 Å². The van der Waals surface area contributed by atoms with Gasteiger partial charge >= 0.3 is 0 Å². The Morgan fingerprint density at radius 1 is 0.150 bits per heavy atom. The van der Waals surface area contributed by atoms with Gasteiger partial charge in [-0.2, -0.15) is 0 Å². The first-order valence-electron chi connectivity index (χ1n) is 43.3. The topological polar surface area (TPSA) is 73.8 Å². The van der Waals surface area contributed by atoms with E-state index in [2.05, 4.69) is 401 Å². The van der Waals surface area contributed by atoms with E-state index >= 15 is 0 Å². The molecular weight excluding hydrogens is 1620 g/mol. The lowest BCUT2D eigenvalue weighted by atomic mass is 10.1. The summed E-state index contributed by atoms with van der Waals surface area (Å²) in [5.41, 5.74) is 0. The lowest BCUT2D eigenvalue weighted by molar-refractivity contribution is 0.463. The highest BCUT2D eigenvalue weighted by Gasteiger charge is 2.59. The summed E-state index contributed by atoms with van der Waals surface area (Å²) in [5, 5.41) is 33.8. The van der Waals surface area contributed by atoms with Crippen molar-refractivity contribution in [1.29, 1.82) is 0 Å². The molecule has 0 N–H and O–H groups in total. The molecule has 8 heterocycles. The molecular formula is C115H74O8Si4. The monoisotopic (exact) mass is 1690 g/mol. The Morgan fingerprint density at radius 2 is 0.409 bits per heavy atom. The van der Waals surface area contributed by atoms with Crippen LogP contribution in [0.4, 0.5) is 0 Å². The summed E-state index contributed by atoms with van der Waals surface area (Å²) in [5.74, 6) is 15.0. The molecule has 21 aromatic carbocycles. The van der Waals surface area contributed by atoms with Gasteiger partial charge in [0.2, 0.25) is 0 Å². The minimum Gasteiger partial charge on any atom is -0.457 e. The minimum absolute atomic E-state index is 0.902. The van der Waals surface area contributed by atoms with Gasteiger partial charge in [0.1, 0.15) is 92.0 Å². The number of hydrogen-bond donors (Lipinski definition) is 0. The summed E-state index contributed by atoms with van der Waals surface area (Å²) in [4.78, 5) is 0. The van der Waals surface area contributed by atoms with Crippen LogP contribution in [0.5, 0.6) is 92.0 Å². The fraction of sp³-hybridized carbons (Fsp3) is 0.00870. The molecule has 0 radical (unpaired) electrons. The zero-order chi connectivity index (χ0) is 83.7. The van der Waals surface area contributed by atoms with E-state index in [9.17, 15) is 0 Å². The van der Waals surface area contributed by atoms with Crippen LogP contribution in [0.3, 0.4) is 0 Å². The minimum atomic E-state index is -2.83. The average Bonchev–Trinajstić information content (AvgIpc) is 0.684. The fourth-order valence-corrected chi connectivity index (χ4v) is 42.3. The lowest BCUT2D eigenvalue weighted by Crippen LogP contribution is -2.77. The first-order chi connectivity index (χ1) is 62.8. The van der Waals surface area contributed by atoms with E-state index in [1.807, 2.05) is 36.4 Å². The SMILES string of the molecule is C[Si]12c3ccccc3Oc3cccc(c31)Oc1ccccc12.c1ccc([Si]23c4c(cccc4Oc4ccc5ccccc5c42)Oc2ccc4ccccc4c23)cc1.c1ccc([Si]23c4cc5ccccc5cc4Oc4cccc(c42)Oc2cc4ccccc4cc23)cc1.c1ccc([Si]23c4ccc5ccccc5c4Oc4cccc(c42)Oc2c3ccc3ccccc23)cc1. The molecule has 8 nitrogen and oxygen atoms in total. The van der Waals surface area contributed by atoms with Crippen molar-refractivity contribution >= 4 is 175 Å². The summed E-state index contributed by atoms with van der Waals surface area (Å²) < 4.78 is 52.4. The van der Waals surface area contributed by atoms with Gasteiger partial charge in [-0.25, -0.2) is 0 Å². The van der Waals surface area contributed by atoms with Gasteiger partial charge in [-0.3, -0.25) is 0 Å². The van der Waals surface area contributed by atoms with E-state index in [0.29, 0.717) is 0 Å². The molecule has 8 aliphatic rings. The van der Waals surface area contributed by atoms with Crippen molar-refractivity contribution in [2.24, 2.45) is 0 Å². The molecule has 0 aromatic heterocycles. The Morgan fingerprint density at radius 3 is 0.811 bits per heavy atom. The lowest BCUT2D eigenvalue weighted by Gasteiger charge is -2.44. The fourth-order valence-electron chi connectivity index (χ4n) is 22.2. The van der Waals surface area contributed by atoms with Crippen LogP contribution < -0.4 is 116 Å². The summed E-state index contributed by atoms with van der Waals surface area (Å²) in [6, 6.07) is 153. The third-order valence-electron chi connectivity index (χ3n) is 27.4. The highest BCUT2D eigenvalue weighted by molar-refractivity contribution is 7.24. The molecule has 0 spiro atoms. The largest absolute Gasteiger partial charge is 0.457 e. The molecule has 0 fully saturated rings. The summed E-state index contributed by atoms with van der Waals surface area (Å²) >= 11 is 0. The molecule has 21 aromatic rings. The van der Waals surface area contributed by atoms with Crippen LogP contribution in [0.15, 0.2) is 431 Å². The van der Waals surface area contributed by atoms with Crippen molar-refractivity contribution in [1.82, 2.24) is 0 Å². The molecule has 0 saturated heterocycles. The number of fused-ring (bicyclic) bond motifs is 26. The zero-order valence-electron chi connectivity index (χ0n) is 68.8. The smallest absolute Gasteiger partial charge is 0.198 e. The van der Waals surface area contributed by atoms with Crippen LogP contribution in [0.2, 0.25) is 6.55 Å². The van der Waals surface area contributed by atoms with Gasteiger partial charge in [-0.05, 0) is 185 Å². The van der Waals surface area contributed by atoms with Gasteiger partial charge in [0, 0.05) is 41.9 Å². The highest BCUT2D eigenvalue weighted by atomic mass is 28.3. The number of para-hydroxylation sites is 2. The van der Waals surface area contributed by atoms with E-state index in [-0.39, 0.29) is 0 Å². The van der Waals surface area contributed by atoms with Crippen LogP contribution in [-0.2, 0) is 0 Å². The predicted molar refractivity (Wildman–Crippen MR) is 526 cm³/mol. The Balaban J connectivity index is 0.0000000910. The van der Waals surface area contributed by atoms with E-state index in [0.717, 1.165) is 103 Å². The Kier molecular flexibility index (Phi) is 16.2. The summed E-state index contributed by atoms with van der Waals surface area (Å²) in [6.45, 7) is 2.40. The van der Waals surface area contributed by atoms with Gasteiger partial charge in [-0.1, -0.05) is 352 Å². The summed E-state index contributed by atoms with van der Waals surface area (Å²) in [6.07, 6.45) is 0. The maximum Gasteiger partial charge on any atom is 0.198 e. The van der Waals surface area contributed by atoms with Crippen molar-refractivity contribution in [3.05, 3.63) is 431 Å². The normalized spacial score (nSPS) is 14.6. The number of hydrogen-bond acceptors (Lipinski definition) is 8. The Labute approximate surface area is 736 Å². The molecule has 0 amide bonds. The molecule has 0 aliphatic carbocycles. The van der Waals surface area contributed by atoms with Crippen molar-refractivity contribution < 1.29 is 37.9 Å². The maximum absolute atomic E-state index is 6.74. The Bertz CT molecular complexity index is 7770. The zero-order valence-corrected chi connectivity index (χ0v) is 72.8.